The van der Waals surface area contributed by atoms with Crippen molar-refractivity contribution in [3.8, 4) is 0 Å². The largest absolute Gasteiger partial charge is 0.391 e. The van der Waals surface area contributed by atoms with Gasteiger partial charge in [0.15, 0.2) is 0 Å². The lowest BCUT2D eigenvalue weighted by molar-refractivity contribution is 0.0592. The summed E-state index contributed by atoms with van der Waals surface area (Å²) in [6.45, 7) is 0.401. The molecule has 0 fully saturated rings. The normalized spacial score (nSPS) is 13.2. The van der Waals surface area contributed by atoms with E-state index in [9.17, 15) is 5.11 Å². The van der Waals surface area contributed by atoms with E-state index >= 15 is 0 Å². The first-order valence-corrected chi connectivity index (χ1v) is 4.38. The van der Waals surface area contributed by atoms with Crippen LogP contribution in [0.1, 0.15) is 12.1 Å². The second-order valence-electron chi connectivity index (χ2n) is 3.09. The summed E-state index contributed by atoms with van der Waals surface area (Å²) in [6.07, 6.45) is 2.94. The topological polar surface area (TPSA) is 47.3 Å². The Balaban J connectivity index is 2.30. The molecule has 0 aliphatic carbocycles. The number of aryl methyl sites for hydroxylation is 2. The van der Waals surface area contributed by atoms with Gasteiger partial charge >= 0.3 is 0 Å². The smallest absolute Gasteiger partial charge is 0.0777 e. The van der Waals surface area contributed by atoms with E-state index in [2.05, 4.69) is 5.10 Å². The molecule has 0 spiro atoms. The molecule has 1 heterocycles. The zero-order valence-electron chi connectivity index (χ0n) is 8.10. The molecule has 0 amide bonds. The fourth-order valence-corrected chi connectivity index (χ4v) is 1.24. The molecule has 0 radical (unpaired) electrons. The van der Waals surface area contributed by atoms with Crippen LogP contribution in [-0.4, -0.2) is 34.7 Å². The highest BCUT2D eigenvalue weighted by Crippen LogP contribution is 2.03. The Kier molecular flexibility index (Phi) is 3.92. The maximum atomic E-state index is 9.38. The van der Waals surface area contributed by atoms with Gasteiger partial charge in [-0.25, -0.2) is 0 Å². The van der Waals surface area contributed by atoms with Crippen molar-refractivity contribution in [3.05, 3.63) is 18.0 Å². The minimum atomic E-state index is -0.375. The van der Waals surface area contributed by atoms with E-state index in [4.69, 9.17) is 4.74 Å². The maximum Gasteiger partial charge on any atom is 0.0777 e. The molecule has 1 aromatic heterocycles. The van der Waals surface area contributed by atoms with E-state index in [0.29, 0.717) is 13.0 Å². The quantitative estimate of drug-likeness (QED) is 0.718. The molecule has 1 N–H and O–H groups in total. The van der Waals surface area contributed by atoms with Crippen LogP contribution < -0.4 is 0 Å². The van der Waals surface area contributed by atoms with Crippen LogP contribution in [-0.2, 0) is 18.2 Å². The molecule has 1 rings (SSSR count). The maximum absolute atomic E-state index is 9.38. The predicted molar refractivity (Wildman–Crippen MR) is 49.4 cm³/mol. The number of nitrogens with zero attached hydrogens (tertiary/aromatic N) is 2. The van der Waals surface area contributed by atoms with Crippen molar-refractivity contribution in [2.24, 2.45) is 7.05 Å². The Morgan fingerprint density at radius 2 is 2.46 bits per heavy atom. The molecule has 13 heavy (non-hydrogen) atoms. The molecule has 4 nitrogen and oxygen atoms in total. The summed E-state index contributed by atoms with van der Waals surface area (Å²) in [6, 6.07) is 1.96. The van der Waals surface area contributed by atoms with E-state index in [-0.39, 0.29) is 6.10 Å². The van der Waals surface area contributed by atoms with E-state index < -0.39 is 0 Å². The van der Waals surface area contributed by atoms with Crippen LogP contribution in [0.25, 0.3) is 0 Å². The molecule has 0 aliphatic rings. The molecule has 1 atom stereocenters. The number of methoxy groups -OCH3 is 1. The van der Waals surface area contributed by atoms with Gasteiger partial charge in [-0.1, -0.05) is 0 Å². The van der Waals surface area contributed by atoms with Gasteiger partial charge in [-0.2, -0.15) is 5.10 Å². The third-order valence-corrected chi connectivity index (χ3v) is 2.02. The van der Waals surface area contributed by atoms with Gasteiger partial charge in [0.1, 0.15) is 0 Å². The number of hydrogen-bond acceptors (Lipinski definition) is 3. The lowest BCUT2D eigenvalue weighted by Crippen LogP contribution is -2.15. The van der Waals surface area contributed by atoms with Crippen LogP contribution in [0.15, 0.2) is 12.3 Å². The monoisotopic (exact) mass is 184 g/mol. The summed E-state index contributed by atoms with van der Waals surface area (Å²) in [4.78, 5) is 0. The first-order valence-electron chi connectivity index (χ1n) is 4.38. The fourth-order valence-electron chi connectivity index (χ4n) is 1.24. The van der Waals surface area contributed by atoms with Crippen LogP contribution in [0.3, 0.4) is 0 Å². The molecule has 1 aromatic rings. The summed E-state index contributed by atoms with van der Waals surface area (Å²) >= 11 is 0. The molecular weight excluding hydrogens is 168 g/mol. The van der Waals surface area contributed by atoms with Crippen LogP contribution in [0.4, 0.5) is 0 Å². The molecular formula is C9H16N2O2. The zero-order valence-corrected chi connectivity index (χ0v) is 8.10. The minimum absolute atomic E-state index is 0.375. The van der Waals surface area contributed by atoms with Gasteiger partial charge in [0.2, 0.25) is 0 Å². The van der Waals surface area contributed by atoms with Crippen LogP contribution in [0, 0.1) is 0 Å². The van der Waals surface area contributed by atoms with Crippen molar-refractivity contribution in [2.75, 3.05) is 13.7 Å². The van der Waals surface area contributed by atoms with E-state index in [1.165, 1.54) is 0 Å². The van der Waals surface area contributed by atoms with Gasteiger partial charge in [0.25, 0.3) is 0 Å². The van der Waals surface area contributed by atoms with Crippen LogP contribution in [0.5, 0.6) is 0 Å². The SMILES string of the molecule is COCC(O)CCc1ccnn1C. The van der Waals surface area contributed by atoms with Gasteiger partial charge in [-0.15, -0.1) is 0 Å². The Labute approximate surface area is 78.1 Å². The van der Waals surface area contributed by atoms with Crippen molar-refractivity contribution in [1.29, 1.82) is 0 Å². The second kappa shape index (κ2) is 4.99. The predicted octanol–water partition coefficient (Wildman–Crippen LogP) is 0.360. The van der Waals surface area contributed by atoms with Crippen molar-refractivity contribution >= 4 is 0 Å². The standard InChI is InChI=1S/C9H16N2O2/c1-11-8(5-6-10-11)3-4-9(12)7-13-2/h5-6,9,12H,3-4,7H2,1-2H3. The summed E-state index contributed by atoms with van der Waals surface area (Å²) in [7, 11) is 3.49. The van der Waals surface area contributed by atoms with Gasteiger partial charge < -0.3 is 9.84 Å². The van der Waals surface area contributed by atoms with E-state index in [0.717, 1.165) is 12.1 Å². The Morgan fingerprint density at radius 1 is 1.69 bits per heavy atom. The van der Waals surface area contributed by atoms with E-state index in [1.807, 2.05) is 17.8 Å². The highest BCUT2D eigenvalue weighted by Gasteiger charge is 2.05. The van der Waals surface area contributed by atoms with E-state index in [1.54, 1.807) is 13.3 Å². The average Bonchev–Trinajstić information content (AvgIpc) is 2.48. The highest BCUT2D eigenvalue weighted by atomic mass is 16.5. The summed E-state index contributed by atoms with van der Waals surface area (Å²) in [5, 5.41) is 13.4. The molecule has 4 heteroatoms. The first kappa shape index (κ1) is 10.2. The summed E-state index contributed by atoms with van der Waals surface area (Å²) < 4.78 is 6.65. The lowest BCUT2D eigenvalue weighted by Gasteiger charge is -2.08. The lowest BCUT2D eigenvalue weighted by atomic mass is 10.1. The molecule has 0 saturated carbocycles. The number of hydrogen-bond donors (Lipinski definition) is 1. The second-order valence-corrected chi connectivity index (χ2v) is 3.09. The molecule has 74 valence electrons. The number of aromatic nitrogens is 2. The Bertz CT molecular complexity index is 248. The summed E-state index contributed by atoms with van der Waals surface area (Å²) in [5.41, 5.74) is 1.13. The molecule has 0 aliphatic heterocycles. The minimum Gasteiger partial charge on any atom is -0.391 e. The van der Waals surface area contributed by atoms with Crippen LogP contribution in [0.2, 0.25) is 0 Å². The Hall–Kier alpha value is -0.870. The van der Waals surface area contributed by atoms with Gasteiger partial charge in [0.05, 0.1) is 12.7 Å². The first-order chi connectivity index (χ1) is 6.24. The molecule has 0 aromatic carbocycles. The zero-order chi connectivity index (χ0) is 9.68. The van der Waals surface area contributed by atoms with Crippen molar-refractivity contribution in [2.45, 2.75) is 18.9 Å². The molecule has 1 unspecified atom stereocenters. The number of aliphatic hydroxyl groups is 1. The summed E-state index contributed by atoms with van der Waals surface area (Å²) in [5.74, 6) is 0. The van der Waals surface area contributed by atoms with Crippen LogP contribution >= 0.6 is 0 Å². The number of rotatable bonds is 5. The van der Waals surface area contributed by atoms with Gasteiger partial charge in [-0.3, -0.25) is 4.68 Å². The van der Waals surface area contributed by atoms with Crippen molar-refractivity contribution in [3.63, 3.8) is 0 Å². The highest BCUT2D eigenvalue weighted by molar-refractivity contribution is 4.99. The van der Waals surface area contributed by atoms with Crippen molar-refractivity contribution in [1.82, 2.24) is 9.78 Å². The average molecular weight is 184 g/mol. The third kappa shape index (κ3) is 3.16. The molecule has 0 saturated heterocycles. The third-order valence-electron chi connectivity index (χ3n) is 2.02. The molecule has 0 bridgehead atoms. The van der Waals surface area contributed by atoms with Gasteiger partial charge in [0, 0.05) is 26.0 Å². The Morgan fingerprint density at radius 3 is 3.00 bits per heavy atom. The fraction of sp³-hybridized carbons (Fsp3) is 0.667. The number of ether oxygens (including phenoxy) is 1. The number of aliphatic hydroxyl groups excluding tert-OH is 1. The van der Waals surface area contributed by atoms with Crippen molar-refractivity contribution < 1.29 is 9.84 Å². The van der Waals surface area contributed by atoms with Gasteiger partial charge in [-0.05, 0) is 18.9 Å².